The molecule has 4 rings (SSSR count). The Labute approximate surface area is 171 Å². The van der Waals surface area contributed by atoms with E-state index in [1.54, 1.807) is 6.26 Å². The predicted molar refractivity (Wildman–Crippen MR) is 114 cm³/mol. The molecular formula is C24H25N3O2. The lowest BCUT2D eigenvalue weighted by molar-refractivity contribution is -0.132. The third-order valence-electron chi connectivity index (χ3n) is 5.10. The summed E-state index contributed by atoms with van der Waals surface area (Å²) in [5.41, 5.74) is 2.81. The monoisotopic (exact) mass is 387 g/mol. The van der Waals surface area contributed by atoms with E-state index in [1.165, 1.54) is 5.56 Å². The third kappa shape index (κ3) is 5.21. The van der Waals surface area contributed by atoms with Crippen molar-refractivity contribution in [2.75, 3.05) is 32.7 Å². The van der Waals surface area contributed by atoms with Crippen LogP contribution in [0.2, 0.25) is 0 Å². The summed E-state index contributed by atoms with van der Waals surface area (Å²) in [4.78, 5) is 21.4. The first-order chi connectivity index (χ1) is 14.3. The van der Waals surface area contributed by atoms with Gasteiger partial charge in [-0.1, -0.05) is 60.7 Å². The van der Waals surface area contributed by atoms with Gasteiger partial charge in [0.2, 0.25) is 11.8 Å². The van der Waals surface area contributed by atoms with E-state index in [-0.39, 0.29) is 12.3 Å². The van der Waals surface area contributed by atoms with E-state index in [1.807, 2.05) is 53.4 Å². The molecule has 0 unspecified atom stereocenters. The van der Waals surface area contributed by atoms with Crippen LogP contribution in [0.3, 0.4) is 0 Å². The number of carbonyl (C=O) groups excluding carboxylic acids is 1. The zero-order chi connectivity index (χ0) is 19.9. The molecule has 0 spiro atoms. The van der Waals surface area contributed by atoms with E-state index in [0.717, 1.165) is 38.3 Å². The fraction of sp³-hybridized carbons (Fsp3) is 0.250. The summed E-state index contributed by atoms with van der Waals surface area (Å²) in [7, 11) is 0. The summed E-state index contributed by atoms with van der Waals surface area (Å²) >= 11 is 0. The van der Waals surface area contributed by atoms with Gasteiger partial charge in [-0.2, -0.15) is 0 Å². The van der Waals surface area contributed by atoms with Crippen LogP contribution in [0.4, 0.5) is 0 Å². The molecule has 0 saturated carbocycles. The topological polar surface area (TPSA) is 49.6 Å². The maximum Gasteiger partial charge on any atom is 0.228 e. The van der Waals surface area contributed by atoms with Gasteiger partial charge in [0.25, 0.3) is 0 Å². The molecule has 5 heteroatoms. The number of piperazine rings is 1. The van der Waals surface area contributed by atoms with Crippen molar-refractivity contribution in [2.45, 2.75) is 6.42 Å². The Bertz CT molecular complexity index is 943. The van der Waals surface area contributed by atoms with Crippen molar-refractivity contribution in [2.24, 2.45) is 0 Å². The smallest absolute Gasteiger partial charge is 0.228 e. The number of amides is 1. The zero-order valence-corrected chi connectivity index (χ0v) is 16.4. The summed E-state index contributed by atoms with van der Waals surface area (Å²) < 4.78 is 5.54. The Morgan fingerprint density at radius 1 is 0.966 bits per heavy atom. The number of hydrogen-bond acceptors (Lipinski definition) is 4. The predicted octanol–water partition coefficient (Wildman–Crippen LogP) is 3.74. The van der Waals surface area contributed by atoms with Crippen molar-refractivity contribution in [3.63, 3.8) is 0 Å². The second kappa shape index (κ2) is 9.34. The van der Waals surface area contributed by atoms with Crippen molar-refractivity contribution in [3.05, 3.63) is 84.3 Å². The fourth-order valence-corrected chi connectivity index (χ4v) is 3.45. The molecule has 5 nitrogen and oxygen atoms in total. The highest BCUT2D eigenvalue weighted by molar-refractivity contribution is 5.78. The van der Waals surface area contributed by atoms with E-state index in [9.17, 15) is 4.79 Å². The average molecular weight is 387 g/mol. The van der Waals surface area contributed by atoms with Gasteiger partial charge in [-0.05, 0) is 17.7 Å². The molecule has 0 bridgehead atoms. The number of oxazole rings is 1. The standard InChI is InChI=1S/C24H25N3O2/c28-23(18-22-19-29-24(25-22)21-11-5-2-6-12-21)27-16-14-26(15-17-27)13-7-10-20-8-3-1-4-9-20/h1-12,19H,13-18H2/b10-7+. The number of hydrogen-bond donors (Lipinski definition) is 0. The van der Waals surface area contributed by atoms with Crippen molar-refractivity contribution in [1.82, 2.24) is 14.8 Å². The number of aromatic nitrogens is 1. The summed E-state index contributed by atoms with van der Waals surface area (Å²) in [5.74, 6) is 0.667. The summed E-state index contributed by atoms with van der Waals surface area (Å²) in [6, 6.07) is 20.0. The molecule has 3 aromatic rings. The van der Waals surface area contributed by atoms with Crippen LogP contribution in [0.25, 0.3) is 17.5 Å². The molecular weight excluding hydrogens is 362 g/mol. The van der Waals surface area contributed by atoms with Crippen LogP contribution in [0.5, 0.6) is 0 Å². The van der Waals surface area contributed by atoms with Gasteiger partial charge >= 0.3 is 0 Å². The van der Waals surface area contributed by atoms with Crippen LogP contribution in [-0.2, 0) is 11.2 Å². The highest BCUT2D eigenvalue weighted by Crippen LogP contribution is 2.18. The van der Waals surface area contributed by atoms with Crippen molar-refractivity contribution in [3.8, 4) is 11.5 Å². The molecule has 1 aliphatic rings. The van der Waals surface area contributed by atoms with Crippen LogP contribution in [-0.4, -0.2) is 53.4 Å². The van der Waals surface area contributed by atoms with E-state index < -0.39 is 0 Å². The molecule has 29 heavy (non-hydrogen) atoms. The van der Waals surface area contributed by atoms with Crippen LogP contribution in [0, 0.1) is 0 Å². The normalized spacial score (nSPS) is 15.1. The van der Waals surface area contributed by atoms with E-state index in [4.69, 9.17) is 4.42 Å². The minimum absolute atomic E-state index is 0.109. The van der Waals surface area contributed by atoms with E-state index in [0.29, 0.717) is 11.6 Å². The minimum Gasteiger partial charge on any atom is -0.444 e. The Morgan fingerprint density at radius 3 is 2.38 bits per heavy atom. The summed E-state index contributed by atoms with van der Waals surface area (Å²) in [6.45, 7) is 4.18. The zero-order valence-electron chi connectivity index (χ0n) is 16.4. The van der Waals surface area contributed by atoms with Crippen LogP contribution in [0.1, 0.15) is 11.3 Å². The Hall–Kier alpha value is -3.18. The molecule has 2 heterocycles. The SMILES string of the molecule is O=C(Cc1coc(-c2ccccc2)n1)N1CCN(C/C=C/c2ccccc2)CC1. The molecule has 148 valence electrons. The fourth-order valence-electron chi connectivity index (χ4n) is 3.45. The first-order valence-corrected chi connectivity index (χ1v) is 9.99. The van der Waals surface area contributed by atoms with Crippen LogP contribution >= 0.6 is 0 Å². The van der Waals surface area contributed by atoms with Gasteiger partial charge in [0.15, 0.2) is 0 Å². The van der Waals surface area contributed by atoms with Gasteiger partial charge in [0.05, 0.1) is 12.1 Å². The highest BCUT2D eigenvalue weighted by atomic mass is 16.3. The van der Waals surface area contributed by atoms with Gasteiger partial charge in [0, 0.05) is 38.3 Å². The second-order valence-corrected chi connectivity index (χ2v) is 7.18. The molecule has 1 aromatic heterocycles. The molecule has 1 aliphatic heterocycles. The molecule has 0 atom stereocenters. The van der Waals surface area contributed by atoms with Crippen molar-refractivity contribution in [1.29, 1.82) is 0 Å². The molecule has 1 saturated heterocycles. The molecule has 1 fully saturated rings. The summed E-state index contributed by atoms with van der Waals surface area (Å²) in [6.07, 6.45) is 6.20. The molecule has 0 aliphatic carbocycles. The van der Waals surface area contributed by atoms with Gasteiger partial charge in [0.1, 0.15) is 6.26 Å². The first kappa shape index (κ1) is 19.2. The van der Waals surface area contributed by atoms with Crippen LogP contribution < -0.4 is 0 Å². The Balaban J connectivity index is 1.24. The lowest BCUT2D eigenvalue weighted by Crippen LogP contribution is -2.49. The van der Waals surface area contributed by atoms with E-state index in [2.05, 4.69) is 34.2 Å². The first-order valence-electron chi connectivity index (χ1n) is 9.99. The summed E-state index contributed by atoms with van der Waals surface area (Å²) in [5, 5.41) is 0. The number of nitrogens with zero attached hydrogens (tertiary/aromatic N) is 3. The average Bonchev–Trinajstić information content (AvgIpc) is 3.24. The second-order valence-electron chi connectivity index (χ2n) is 7.18. The Kier molecular flexibility index (Phi) is 6.17. The minimum atomic E-state index is 0.109. The quantitative estimate of drug-likeness (QED) is 0.647. The third-order valence-corrected chi connectivity index (χ3v) is 5.10. The van der Waals surface area contributed by atoms with E-state index >= 15 is 0 Å². The van der Waals surface area contributed by atoms with Gasteiger partial charge < -0.3 is 9.32 Å². The van der Waals surface area contributed by atoms with Crippen molar-refractivity contribution >= 4 is 12.0 Å². The van der Waals surface area contributed by atoms with Gasteiger partial charge in [-0.3, -0.25) is 9.69 Å². The molecule has 2 aromatic carbocycles. The lowest BCUT2D eigenvalue weighted by Gasteiger charge is -2.34. The number of carbonyl (C=O) groups is 1. The lowest BCUT2D eigenvalue weighted by atomic mass is 10.2. The largest absolute Gasteiger partial charge is 0.444 e. The maximum atomic E-state index is 12.6. The maximum absolute atomic E-state index is 12.6. The number of rotatable bonds is 6. The molecule has 0 radical (unpaired) electrons. The molecule has 0 N–H and O–H groups in total. The molecule has 1 amide bonds. The highest BCUT2D eigenvalue weighted by Gasteiger charge is 2.21. The van der Waals surface area contributed by atoms with Gasteiger partial charge in [-0.15, -0.1) is 0 Å². The van der Waals surface area contributed by atoms with Crippen LogP contribution in [0.15, 0.2) is 77.4 Å². The van der Waals surface area contributed by atoms with Gasteiger partial charge in [-0.25, -0.2) is 4.98 Å². The van der Waals surface area contributed by atoms with Crippen molar-refractivity contribution < 1.29 is 9.21 Å². The Morgan fingerprint density at radius 2 is 1.66 bits per heavy atom. The number of benzene rings is 2.